The maximum absolute atomic E-state index is 13.1. The molecule has 0 radical (unpaired) electrons. The number of thiophene rings is 1. The first-order chi connectivity index (χ1) is 18.6. The van der Waals surface area contributed by atoms with Gasteiger partial charge in [0.2, 0.25) is 0 Å². The predicted molar refractivity (Wildman–Crippen MR) is 142 cm³/mol. The number of fused-ring (bicyclic) bond motifs is 1. The number of carboxylic acid groups (broad SMARTS) is 1. The number of hydrogen-bond donors (Lipinski definition) is 5. The number of amides is 4. The highest BCUT2D eigenvalue weighted by molar-refractivity contribution is 8.00. The lowest BCUT2D eigenvalue weighted by molar-refractivity contribution is -0.150. The third kappa shape index (κ3) is 4.53. The molecule has 3 aliphatic rings. The molecule has 2 saturated heterocycles. The van der Waals surface area contributed by atoms with E-state index in [1.54, 1.807) is 5.38 Å². The zero-order valence-electron chi connectivity index (χ0n) is 19.7. The number of nitrogens with two attached hydrogens (primary N) is 2. The van der Waals surface area contributed by atoms with E-state index in [4.69, 9.17) is 11.5 Å². The maximum atomic E-state index is 13.1. The van der Waals surface area contributed by atoms with Crippen LogP contribution in [-0.2, 0) is 19.2 Å². The Bertz CT molecular complexity index is 1520. The van der Waals surface area contributed by atoms with Crippen molar-refractivity contribution in [1.29, 1.82) is 0 Å². The van der Waals surface area contributed by atoms with E-state index >= 15 is 0 Å². The van der Waals surface area contributed by atoms with Crippen molar-refractivity contribution in [2.24, 2.45) is 10.9 Å². The van der Waals surface area contributed by atoms with Gasteiger partial charge in [0.15, 0.2) is 10.8 Å². The molecule has 39 heavy (non-hydrogen) atoms. The average Bonchev–Trinajstić information content (AvgIpc) is 3.63. The number of anilines is 2. The summed E-state index contributed by atoms with van der Waals surface area (Å²) in [5, 5.41) is 27.6. The number of rotatable bonds is 7. The molecule has 17 heteroatoms. The van der Waals surface area contributed by atoms with Crippen LogP contribution in [0.2, 0.25) is 0 Å². The van der Waals surface area contributed by atoms with Gasteiger partial charge in [0.05, 0.1) is 5.56 Å². The molecular weight excluding hydrogens is 570 g/mol. The van der Waals surface area contributed by atoms with Gasteiger partial charge in [-0.25, -0.2) is 9.78 Å². The number of nitrogens with one attached hydrogen (secondary N) is 1. The van der Waals surface area contributed by atoms with Crippen LogP contribution in [0, 0.1) is 0 Å². The first-order valence-corrected chi connectivity index (χ1v) is 14.0. The van der Waals surface area contributed by atoms with Gasteiger partial charge in [0.25, 0.3) is 23.6 Å². The number of carboxylic acids is 1. The fourth-order valence-corrected chi connectivity index (χ4v) is 7.21. The number of carbonyl (C=O) groups is 5. The third-order valence-electron chi connectivity index (χ3n) is 6.20. The molecule has 202 valence electrons. The van der Waals surface area contributed by atoms with Crippen LogP contribution in [0.5, 0.6) is 0 Å². The zero-order valence-corrected chi connectivity index (χ0v) is 22.1. The molecule has 5 heterocycles. The molecule has 0 saturated carbocycles. The third-order valence-corrected chi connectivity index (χ3v) is 9.11. The molecule has 14 nitrogen and oxygen atoms in total. The molecule has 2 aromatic rings. The molecule has 2 fully saturated rings. The van der Waals surface area contributed by atoms with Gasteiger partial charge in [-0.3, -0.25) is 29.0 Å². The van der Waals surface area contributed by atoms with Crippen LogP contribution < -0.4 is 21.7 Å². The van der Waals surface area contributed by atoms with Crippen LogP contribution in [0.25, 0.3) is 0 Å². The topological polar surface area (TPSA) is 222 Å². The van der Waals surface area contributed by atoms with E-state index in [9.17, 15) is 34.3 Å². The Balaban J connectivity index is 1.36. The molecule has 4 amide bonds. The monoisotopic (exact) mass is 589 g/mol. The Kier molecular flexibility index (Phi) is 6.87. The summed E-state index contributed by atoms with van der Waals surface area (Å²) in [5.74, 6) is -3.81. The number of allylic oxidation sites excluding steroid dienone is 1. The summed E-state index contributed by atoms with van der Waals surface area (Å²) in [6.45, 7) is 0.285. The molecule has 2 aromatic heterocycles. The number of thiazole rings is 1. The number of nitrogens with zero attached hydrogens (tertiary/aromatic N) is 4. The predicted octanol–water partition coefficient (Wildman–Crippen LogP) is 0.166. The largest absolute Gasteiger partial charge is 0.477 e. The van der Waals surface area contributed by atoms with E-state index in [1.165, 1.54) is 45.5 Å². The highest BCUT2D eigenvalue weighted by Crippen LogP contribution is 2.42. The van der Waals surface area contributed by atoms with Gasteiger partial charge in [-0.1, -0.05) is 5.16 Å². The second kappa shape index (κ2) is 10.2. The molecule has 3 aliphatic heterocycles. The Labute approximate surface area is 231 Å². The number of carbonyl (C=O) groups excluding carboxylic acids is 4. The van der Waals surface area contributed by atoms with Crippen molar-refractivity contribution in [1.82, 2.24) is 15.2 Å². The number of oxime groups is 1. The number of thioether (sulfide) groups is 1. The average molecular weight is 590 g/mol. The molecule has 0 unspecified atom stereocenters. The van der Waals surface area contributed by atoms with Crippen molar-refractivity contribution < 1.29 is 34.3 Å². The standard InChI is InChI=1S/C22H19N7O7S3/c23-15(30)10-2-4-37-19(10)28-3-1-8(17(28)32)5-9-6-38-20-13(18(33)29(20)14(9)21(34)35)26-16(31)12(27-36)11-7-39-22(24)25-11/h2,4-5,7,13,20,36H,1,3,6H2,(H2,23,30)(H2,24,25)(H,26,31)(H,34,35)/t13-,20-/m1/s1. The number of nitrogen functional groups attached to an aromatic ring is 1. The van der Waals surface area contributed by atoms with Crippen LogP contribution in [0.4, 0.5) is 10.1 Å². The van der Waals surface area contributed by atoms with E-state index in [1.807, 2.05) is 0 Å². The first kappa shape index (κ1) is 26.4. The normalized spacial score (nSPS) is 22.3. The van der Waals surface area contributed by atoms with Crippen LogP contribution in [0.15, 0.2) is 44.9 Å². The van der Waals surface area contributed by atoms with Gasteiger partial charge < -0.3 is 27.1 Å². The molecule has 0 aliphatic carbocycles. The molecular formula is C22H19N7O7S3. The highest BCUT2D eigenvalue weighted by Gasteiger charge is 2.54. The first-order valence-electron chi connectivity index (χ1n) is 11.2. The maximum Gasteiger partial charge on any atom is 0.352 e. The van der Waals surface area contributed by atoms with Gasteiger partial charge in [-0.05, 0) is 29.5 Å². The Hall–Kier alpha value is -4.22. The van der Waals surface area contributed by atoms with Gasteiger partial charge in [0, 0.05) is 23.3 Å². The van der Waals surface area contributed by atoms with Crippen molar-refractivity contribution in [2.75, 3.05) is 22.9 Å². The van der Waals surface area contributed by atoms with Crippen molar-refractivity contribution >= 4 is 79.9 Å². The van der Waals surface area contributed by atoms with Gasteiger partial charge >= 0.3 is 5.97 Å². The lowest BCUT2D eigenvalue weighted by Gasteiger charge is -2.49. The van der Waals surface area contributed by atoms with Crippen molar-refractivity contribution in [3.8, 4) is 0 Å². The lowest BCUT2D eigenvalue weighted by atomic mass is 10.0. The van der Waals surface area contributed by atoms with E-state index in [0.717, 1.165) is 16.2 Å². The SMILES string of the molecule is NC(=O)c1ccsc1N1CCC(=CC2=C(C(=O)O)N3C(=O)[C@@H](NC(=O)C(=NO)c4csc(N)n4)[C@H]3SC2)C1=O. The molecule has 5 rings (SSSR count). The summed E-state index contributed by atoms with van der Waals surface area (Å²) in [4.78, 5) is 69.0. The van der Waals surface area contributed by atoms with Crippen molar-refractivity contribution in [3.63, 3.8) is 0 Å². The summed E-state index contributed by atoms with van der Waals surface area (Å²) < 4.78 is 0. The minimum absolute atomic E-state index is 0.0261. The lowest BCUT2D eigenvalue weighted by Crippen LogP contribution is -2.71. The summed E-state index contributed by atoms with van der Waals surface area (Å²) in [7, 11) is 0. The van der Waals surface area contributed by atoms with E-state index in [0.29, 0.717) is 17.0 Å². The number of primary amides is 1. The minimum Gasteiger partial charge on any atom is -0.477 e. The van der Waals surface area contributed by atoms with E-state index in [2.05, 4.69) is 15.5 Å². The Morgan fingerprint density at radius 1 is 1.26 bits per heavy atom. The second-order valence-electron chi connectivity index (χ2n) is 8.44. The number of aliphatic carboxylic acids is 1. The van der Waals surface area contributed by atoms with Gasteiger partial charge in [0.1, 0.15) is 27.8 Å². The number of hydrogen-bond acceptors (Lipinski definition) is 12. The Morgan fingerprint density at radius 2 is 2.03 bits per heavy atom. The number of aromatic nitrogens is 1. The smallest absolute Gasteiger partial charge is 0.352 e. The van der Waals surface area contributed by atoms with Crippen LogP contribution in [-0.4, -0.2) is 79.2 Å². The fraction of sp³-hybridized carbons (Fsp3) is 0.227. The van der Waals surface area contributed by atoms with Crippen molar-refractivity contribution in [3.05, 3.63) is 51.0 Å². The molecule has 7 N–H and O–H groups in total. The number of β-lactam (4-membered cyclic amide) rings is 1. The van der Waals surface area contributed by atoms with Crippen LogP contribution >= 0.6 is 34.4 Å². The van der Waals surface area contributed by atoms with Gasteiger partial charge in [-0.2, -0.15) is 0 Å². The Morgan fingerprint density at radius 3 is 2.67 bits per heavy atom. The molecule has 0 bridgehead atoms. The summed E-state index contributed by atoms with van der Waals surface area (Å²) >= 11 is 3.44. The second-order valence-corrected chi connectivity index (χ2v) is 11.3. The minimum atomic E-state index is -1.36. The molecule has 0 spiro atoms. The van der Waals surface area contributed by atoms with Gasteiger partial charge in [-0.15, -0.1) is 34.4 Å². The van der Waals surface area contributed by atoms with Crippen LogP contribution in [0.1, 0.15) is 22.5 Å². The van der Waals surface area contributed by atoms with Crippen LogP contribution in [0.3, 0.4) is 0 Å². The highest BCUT2D eigenvalue weighted by atomic mass is 32.2. The summed E-state index contributed by atoms with van der Waals surface area (Å²) in [6.07, 6.45) is 1.77. The fourth-order valence-electron chi connectivity index (χ4n) is 4.42. The van der Waals surface area contributed by atoms with E-state index in [-0.39, 0.29) is 45.9 Å². The quantitative estimate of drug-likeness (QED) is 0.0968. The zero-order chi connectivity index (χ0) is 28.0. The summed E-state index contributed by atoms with van der Waals surface area (Å²) in [5.41, 5.74) is 11.1. The molecule has 2 atom stereocenters. The summed E-state index contributed by atoms with van der Waals surface area (Å²) in [6, 6.07) is 0.459. The molecule has 0 aromatic carbocycles. The van der Waals surface area contributed by atoms with E-state index < -0.39 is 40.8 Å². The van der Waals surface area contributed by atoms with Crippen molar-refractivity contribution in [2.45, 2.75) is 17.8 Å².